The van der Waals surface area contributed by atoms with Crippen molar-refractivity contribution in [3.05, 3.63) is 22.7 Å². The first-order valence-electron chi connectivity index (χ1n) is 3.77. The molecule has 2 aromatic rings. The van der Waals surface area contributed by atoms with E-state index in [1.54, 1.807) is 12.1 Å². The van der Waals surface area contributed by atoms with E-state index < -0.39 is 0 Å². The molecule has 2 aromatic heterocycles. The first-order chi connectivity index (χ1) is 6.66. The quantitative estimate of drug-likeness (QED) is 0.772. The minimum absolute atomic E-state index is 0.0208. The van der Waals surface area contributed by atoms with Crippen LogP contribution in [0, 0.1) is 0 Å². The van der Waals surface area contributed by atoms with Crippen molar-refractivity contribution in [3.63, 3.8) is 0 Å². The fourth-order valence-electron chi connectivity index (χ4n) is 0.901. The highest BCUT2D eigenvalue weighted by Gasteiger charge is 2.14. The smallest absolute Gasteiger partial charge is 0.294 e. The van der Waals surface area contributed by atoms with E-state index in [0.29, 0.717) is 10.4 Å². The van der Waals surface area contributed by atoms with Gasteiger partial charge in [-0.1, -0.05) is 5.16 Å². The average Bonchev–Trinajstić information content (AvgIpc) is 2.70. The summed E-state index contributed by atoms with van der Waals surface area (Å²) >= 11 is 3.15. The van der Waals surface area contributed by atoms with Crippen LogP contribution in [-0.2, 0) is 0 Å². The first kappa shape index (κ1) is 9.14. The average molecular weight is 257 g/mol. The third-order valence-corrected chi connectivity index (χ3v) is 1.95. The van der Waals surface area contributed by atoms with Crippen LogP contribution in [0.2, 0.25) is 0 Å². The standard InChI is InChI=1S/C8H5BrN2O3/c1-4(12)8-10-7(11-14-8)5-2-3-6(9)13-5/h2-3H,1H3. The highest BCUT2D eigenvalue weighted by Crippen LogP contribution is 2.22. The van der Waals surface area contributed by atoms with Gasteiger partial charge in [-0.3, -0.25) is 4.79 Å². The van der Waals surface area contributed by atoms with Gasteiger partial charge in [-0.15, -0.1) is 0 Å². The van der Waals surface area contributed by atoms with Crippen LogP contribution in [-0.4, -0.2) is 15.9 Å². The van der Waals surface area contributed by atoms with E-state index in [0.717, 1.165) is 0 Å². The molecule has 0 spiro atoms. The largest absolute Gasteiger partial charge is 0.446 e. The number of Topliss-reactive ketones (excluding diaryl/α,β-unsaturated/α-hetero) is 1. The minimum atomic E-state index is -0.269. The maximum absolute atomic E-state index is 10.9. The Morgan fingerprint density at radius 2 is 2.29 bits per heavy atom. The molecule has 0 N–H and O–H groups in total. The second kappa shape index (κ2) is 3.38. The number of furan rings is 1. The second-order valence-corrected chi connectivity index (χ2v) is 3.36. The molecule has 0 saturated carbocycles. The topological polar surface area (TPSA) is 69.1 Å². The number of hydrogen-bond acceptors (Lipinski definition) is 5. The SMILES string of the molecule is CC(=O)c1nc(-c2ccc(Br)o2)no1. The van der Waals surface area contributed by atoms with Crippen molar-refractivity contribution in [2.45, 2.75) is 6.92 Å². The predicted molar refractivity (Wildman–Crippen MR) is 49.7 cm³/mol. The third-order valence-electron chi connectivity index (χ3n) is 1.52. The van der Waals surface area contributed by atoms with E-state index in [1.165, 1.54) is 6.92 Å². The number of halogens is 1. The molecular weight excluding hydrogens is 252 g/mol. The fraction of sp³-hybridized carbons (Fsp3) is 0.125. The highest BCUT2D eigenvalue weighted by atomic mass is 79.9. The van der Waals surface area contributed by atoms with Crippen LogP contribution in [0.1, 0.15) is 17.6 Å². The van der Waals surface area contributed by atoms with Crippen molar-refractivity contribution in [2.24, 2.45) is 0 Å². The summed E-state index contributed by atoms with van der Waals surface area (Å²) in [6.45, 7) is 1.36. The van der Waals surface area contributed by atoms with Gasteiger partial charge in [0.1, 0.15) is 0 Å². The molecule has 0 aliphatic rings. The summed E-state index contributed by atoms with van der Waals surface area (Å²) in [5, 5.41) is 3.60. The van der Waals surface area contributed by atoms with Crippen molar-refractivity contribution in [1.29, 1.82) is 0 Å². The van der Waals surface area contributed by atoms with Crippen LogP contribution in [0.5, 0.6) is 0 Å². The molecule has 0 radical (unpaired) electrons. The molecule has 0 amide bonds. The number of carbonyl (C=O) groups is 1. The van der Waals surface area contributed by atoms with Gasteiger partial charge in [-0.2, -0.15) is 4.98 Å². The van der Waals surface area contributed by atoms with Gasteiger partial charge in [0.05, 0.1) is 0 Å². The zero-order valence-corrected chi connectivity index (χ0v) is 8.74. The molecule has 0 unspecified atom stereocenters. The molecule has 14 heavy (non-hydrogen) atoms. The molecule has 0 fully saturated rings. The van der Waals surface area contributed by atoms with Gasteiger partial charge in [0.15, 0.2) is 10.4 Å². The summed E-state index contributed by atoms with van der Waals surface area (Å²) in [6.07, 6.45) is 0. The lowest BCUT2D eigenvalue weighted by atomic mass is 10.4. The molecule has 72 valence electrons. The van der Waals surface area contributed by atoms with Crippen LogP contribution < -0.4 is 0 Å². The number of ketones is 1. The molecule has 0 atom stereocenters. The second-order valence-electron chi connectivity index (χ2n) is 2.58. The summed E-state index contributed by atoms with van der Waals surface area (Å²) in [5.41, 5.74) is 0. The molecule has 6 heteroatoms. The molecule has 2 rings (SSSR count). The summed E-state index contributed by atoms with van der Waals surface area (Å²) < 4.78 is 10.5. The zero-order chi connectivity index (χ0) is 10.1. The number of rotatable bonds is 2. The van der Waals surface area contributed by atoms with Gasteiger partial charge in [0.2, 0.25) is 11.6 Å². The number of nitrogens with zero attached hydrogens (tertiary/aromatic N) is 2. The van der Waals surface area contributed by atoms with E-state index in [9.17, 15) is 4.79 Å². The first-order valence-corrected chi connectivity index (χ1v) is 4.56. The molecule has 0 saturated heterocycles. The minimum Gasteiger partial charge on any atom is -0.446 e. The number of hydrogen-bond donors (Lipinski definition) is 0. The van der Waals surface area contributed by atoms with Crippen LogP contribution in [0.25, 0.3) is 11.6 Å². The lowest BCUT2D eigenvalue weighted by molar-refractivity contribution is 0.0972. The monoisotopic (exact) mass is 256 g/mol. The molecule has 0 aliphatic carbocycles. The Labute approximate surface area is 87.2 Å². The van der Waals surface area contributed by atoms with Crippen LogP contribution in [0.15, 0.2) is 25.7 Å². The van der Waals surface area contributed by atoms with Crippen LogP contribution >= 0.6 is 15.9 Å². The Morgan fingerprint density at radius 1 is 1.50 bits per heavy atom. The Kier molecular flexibility index (Phi) is 2.20. The molecular formula is C8H5BrN2O3. The lowest BCUT2D eigenvalue weighted by Gasteiger charge is -1.83. The normalized spacial score (nSPS) is 10.4. The highest BCUT2D eigenvalue weighted by molar-refractivity contribution is 9.10. The summed E-state index contributed by atoms with van der Waals surface area (Å²) in [4.78, 5) is 14.7. The molecule has 2 heterocycles. The van der Waals surface area contributed by atoms with Gasteiger partial charge < -0.3 is 8.94 Å². The molecule has 0 bridgehead atoms. The van der Waals surface area contributed by atoms with Gasteiger partial charge in [-0.05, 0) is 28.1 Å². The van der Waals surface area contributed by atoms with Gasteiger partial charge >= 0.3 is 0 Å². The van der Waals surface area contributed by atoms with Crippen molar-refractivity contribution in [3.8, 4) is 11.6 Å². The molecule has 0 aliphatic heterocycles. The molecule has 5 nitrogen and oxygen atoms in total. The van der Waals surface area contributed by atoms with Crippen molar-refractivity contribution in [1.82, 2.24) is 10.1 Å². The zero-order valence-electron chi connectivity index (χ0n) is 7.15. The Morgan fingerprint density at radius 3 is 2.79 bits per heavy atom. The Balaban J connectivity index is 2.38. The van der Waals surface area contributed by atoms with Gasteiger partial charge in [0.25, 0.3) is 5.89 Å². The third kappa shape index (κ3) is 1.60. The molecule has 0 aromatic carbocycles. The van der Waals surface area contributed by atoms with Gasteiger partial charge in [0, 0.05) is 6.92 Å². The van der Waals surface area contributed by atoms with Crippen molar-refractivity contribution in [2.75, 3.05) is 0 Å². The van der Waals surface area contributed by atoms with Gasteiger partial charge in [-0.25, -0.2) is 0 Å². The Bertz CT molecular complexity index is 474. The van der Waals surface area contributed by atoms with Crippen molar-refractivity contribution >= 4 is 21.7 Å². The van der Waals surface area contributed by atoms with Crippen LogP contribution in [0.3, 0.4) is 0 Å². The fourth-order valence-corrected chi connectivity index (χ4v) is 1.21. The van der Waals surface area contributed by atoms with E-state index in [2.05, 4.69) is 26.1 Å². The van der Waals surface area contributed by atoms with E-state index >= 15 is 0 Å². The maximum atomic E-state index is 10.9. The maximum Gasteiger partial charge on any atom is 0.294 e. The number of carbonyl (C=O) groups excluding carboxylic acids is 1. The Hall–Kier alpha value is -1.43. The summed E-state index contributed by atoms with van der Waals surface area (Å²) in [5.74, 6) is 0.427. The van der Waals surface area contributed by atoms with E-state index in [1.807, 2.05) is 0 Å². The van der Waals surface area contributed by atoms with Crippen molar-refractivity contribution < 1.29 is 13.7 Å². The number of aromatic nitrogens is 2. The summed E-state index contributed by atoms with van der Waals surface area (Å²) in [7, 11) is 0. The predicted octanol–water partition coefficient (Wildman–Crippen LogP) is 2.29. The summed E-state index contributed by atoms with van der Waals surface area (Å²) in [6, 6.07) is 3.39. The lowest BCUT2D eigenvalue weighted by Crippen LogP contribution is -1.90. The van der Waals surface area contributed by atoms with E-state index in [-0.39, 0.29) is 17.5 Å². The van der Waals surface area contributed by atoms with Crippen LogP contribution in [0.4, 0.5) is 0 Å². The van der Waals surface area contributed by atoms with E-state index in [4.69, 9.17) is 8.94 Å².